The van der Waals surface area contributed by atoms with Gasteiger partial charge in [0.2, 0.25) is 0 Å². The van der Waals surface area contributed by atoms with Gasteiger partial charge in [-0.15, -0.1) is 0 Å². The quantitative estimate of drug-likeness (QED) is 0.420. The van der Waals surface area contributed by atoms with E-state index in [-0.39, 0.29) is 30.8 Å². The highest BCUT2D eigenvalue weighted by molar-refractivity contribution is 5.86. The molecule has 0 radical (unpaired) electrons. The van der Waals surface area contributed by atoms with Gasteiger partial charge in [0.1, 0.15) is 18.0 Å². The van der Waals surface area contributed by atoms with E-state index < -0.39 is 89.4 Å². The molecule has 3 saturated heterocycles. The van der Waals surface area contributed by atoms with Crippen molar-refractivity contribution in [1.29, 1.82) is 5.26 Å². The van der Waals surface area contributed by atoms with E-state index in [0.29, 0.717) is 0 Å². The van der Waals surface area contributed by atoms with Gasteiger partial charge in [0.25, 0.3) is 0 Å². The minimum absolute atomic E-state index is 0.0220. The summed E-state index contributed by atoms with van der Waals surface area (Å²) in [6.45, 7) is 14.0. The highest BCUT2D eigenvalue weighted by Crippen LogP contribution is 2.48. The summed E-state index contributed by atoms with van der Waals surface area (Å²) in [4.78, 5) is 42.9. The third-order valence-electron chi connectivity index (χ3n) is 11.0. The van der Waals surface area contributed by atoms with Crippen LogP contribution in [0.25, 0.3) is 0 Å². The van der Waals surface area contributed by atoms with Crippen molar-refractivity contribution in [2.75, 3.05) is 28.3 Å². The lowest BCUT2D eigenvalue weighted by Gasteiger charge is -2.48. The molecule has 1 N–H and O–H groups in total. The second-order valence-electron chi connectivity index (χ2n) is 14.4. The van der Waals surface area contributed by atoms with E-state index in [2.05, 4.69) is 4.90 Å². The second kappa shape index (κ2) is 15.0. The van der Waals surface area contributed by atoms with Crippen molar-refractivity contribution >= 4 is 17.7 Å². The van der Waals surface area contributed by atoms with E-state index in [1.807, 2.05) is 34.0 Å². The fourth-order valence-corrected chi connectivity index (χ4v) is 8.17. The van der Waals surface area contributed by atoms with Crippen LogP contribution in [0.3, 0.4) is 0 Å². The third-order valence-corrected chi connectivity index (χ3v) is 11.0. The zero-order valence-electron chi connectivity index (χ0n) is 29.6. The molecule has 0 aromatic rings. The number of hydrogen-bond donors (Lipinski definition) is 1. The maximum Gasteiger partial charge on any atom is 0.324 e. The number of carbonyl (C=O) groups excluding carboxylic acids is 3. The Morgan fingerprint density at radius 2 is 1.67 bits per heavy atom. The van der Waals surface area contributed by atoms with E-state index >= 15 is 0 Å². The summed E-state index contributed by atoms with van der Waals surface area (Å²) in [7, 11) is 7.06. The number of nitrogens with zero attached hydrogens (tertiary/aromatic N) is 2. The number of nitriles is 1. The summed E-state index contributed by atoms with van der Waals surface area (Å²) in [5.74, 6) is -6.86. The van der Waals surface area contributed by atoms with E-state index in [4.69, 9.17) is 28.4 Å². The van der Waals surface area contributed by atoms with Gasteiger partial charge in [0.05, 0.1) is 35.9 Å². The Labute approximate surface area is 274 Å². The molecule has 262 valence electrons. The molecule has 12 heteroatoms. The molecule has 0 amide bonds. The average Bonchev–Trinajstić information content (AvgIpc) is 3.28. The predicted octanol–water partition coefficient (Wildman–Crippen LogP) is 3.13. The average molecular weight is 653 g/mol. The Morgan fingerprint density at radius 1 is 1.04 bits per heavy atom. The van der Waals surface area contributed by atoms with Crippen molar-refractivity contribution < 1.29 is 47.9 Å². The van der Waals surface area contributed by atoms with Crippen LogP contribution in [0.5, 0.6) is 0 Å². The molecule has 3 fully saturated rings. The summed E-state index contributed by atoms with van der Waals surface area (Å²) >= 11 is 0. The number of Topliss-reactive ketones (excluding diaryl/α,β-unsaturated/α-hetero) is 1. The van der Waals surface area contributed by atoms with Gasteiger partial charge in [-0.25, -0.2) is 0 Å². The fourth-order valence-electron chi connectivity index (χ4n) is 8.17. The largest absolute Gasteiger partial charge is 0.458 e. The van der Waals surface area contributed by atoms with Gasteiger partial charge >= 0.3 is 11.9 Å². The Balaban J connectivity index is 2.14. The Kier molecular flexibility index (Phi) is 12.5. The molecular weight excluding hydrogens is 596 g/mol. The van der Waals surface area contributed by atoms with Crippen LogP contribution in [0.4, 0.5) is 0 Å². The van der Waals surface area contributed by atoms with Gasteiger partial charge in [-0.1, -0.05) is 27.7 Å². The number of ketones is 1. The zero-order chi connectivity index (χ0) is 34.9. The number of ether oxygens (including phenoxy) is 6. The number of hydrogen-bond acceptors (Lipinski definition) is 12. The van der Waals surface area contributed by atoms with Crippen molar-refractivity contribution in [3.8, 4) is 6.07 Å². The SMILES string of the molecule is CC[C@@H]1OC(=O)[C@H](C)[C@H](O)[C@H](C)[C@@H](O[C@@H]2O[C@H](C)C[C@H](N(C)C)[C@H]2OC)[C@](C)(OC)C[C@@H](C)C(=O)[C@H](C)[C@H]2[C@H](C#N)C(=O)O[C@@]21C. The number of aliphatic hydroxyl groups excluding tert-OH is 1. The maximum absolute atomic E-state index is 14.2. The molecule has 3 aliphatic rings. The standard InChI is InChI=1S/C34H56N2O10/c1-13-24-34(8)25(22(16-35)31(40)46-34)19(4)26(37)17(2)15-33(7,42-12)29(20(5)27(38)21(6)30(39)44-24)45-32-28(41-11)23(36(9)10)14-18(3)43-32/h17-25,27-29,32,38H,13-15H2,1-12H3/t17-,18-,19-,20+,21-,22+,23+,24+,25+,27-,28-,29-,32+,33-,34-/m1/s1. The van der Waals surface area contributed by atoms with Crippen LogP contribution in [0.15, 0.2) is 0 Å². The number of likely N-dealkylation sites (N-methyl/N-ethyl adjacent to an activating group) is 1. The molecule has 3 rings (SSSR count). The van der Waals surface area contributed by atoms with Crippen molar-refractivity contribution in [3.05, 3.63) is 0 Å². The first-order valence-corrected chi connectivity index (χ1v) is 16.5. The van der Waals surface area contributed by atoms with Crippen LogP contribution in [-0.2, 0) is 42.8 Å². The van der Waals surface area contributed by atoms with E-state index in [1.54, 1.807) is 48.7 Å². The normalized spacial score (nSPS) is 46.2. The number of cyclic esters (lactones) is 1. The molecule has 0 bridgehead atoms. The van der Waals surface area contributed by atoms with Crippen LogP contribution >= 0.6 is 0 Å². The number of fused-ring (bicyclic) bond motifs is 1. The van der Waals surface area contributed by atoms with Crippen molar-refractivity contribution in [2.45, 2.75) is 129 Å². The van der Waals surface area contributed by atoms with Gasteiger partial charge in [-0.2, -0.15) is 5.26 Å². The van der Waals surface area contributed by atoms with Gasteiger partial charge < -0.3 is 38.4 Å². The van der Waals surface area contributed by atoms with Crippen LogP contribution in [0.2, 0.25) is 0 Å². The maximum atomic E-state index is 14.2. The highest BCUT2D eigenvalue weighted by Gasteiger charge is 2.61. The number of aliphatic hydroxyl groups is 1. The van der Waals surface area contributed by atoms with Gasteiger partial charge in [0.15, 0.2) is 17.8 Å². The van der Waals surface area contributed by atoms with Crippen molar-refractivity contribution in [3.63, 3.8) is 0 Å². The molecule has 0 spiro atoms. The van der Waals surface area contributed by atoms with Gasteiger partial charge in [-0.05, 0) is 61.1 Å². The molecular formula is C34H56N2O10. The first-order chi connectivity index (χ1) is 21.4. The Bertz CT molecular complexity index is 1140. The fraction of sp³-hybridized carbons (Fsp3) is 0.882. The minimum Gasteiger partial charge on any atom is -0.458 e. The lowest BCUT2D eigenvalue weighted by molar-refractivity contribution is -0.305. The lowest BCUT2D eigenvalue weighted by Crippen LogP contribution is -2.60. The smallest absolute Gasteiger partial charge is 0.324 e. The summed E-state index contributed by atoms with van der Waals surface area (Å²) in [5.41, 5.74) is -2.59. The predicted molar refractivity (Wildman–Crippen MR) is 167 cm³/mol. The van der Waals surface area contributed by atoms with Gasteiger partial charge in [0, 0.05) is 43.9 Å². The molecule has 3 heterocycles. The van der Waals surface area contributed by atoms with Crippen LogP contribution in [0, 0.1) is 46.8 Å². The van der Waals surface area contributed by atoms with E-state index in [9.17, 15) is 24.8 Å². The molecule has 3 aliphatic heterocycles. The monoisotopic (exact) mass is 652 g/mol. The second-order valence-corrected chi connectivity index (χ2v) is 14.4. The number of carbonyl (C=O) groups is 3. The Morgan fingerprint density at radius 3 is 2.20 bits per heavy atom. The molecule has 0 aliphatic carbocycles. The summed E-state index contributed by atoms with van der Waals surface area (Å²) in [5, 5.41) is 21.8. The molecule has 0 saturated carbocycles. The van der Waals surface area contributed by atoms with Crippen LogP contribution in [0.1, 0.15) is 74.7 Å². The lowest BCUT2D eigenvalue weighted by atomic mass is 9.67. The number of methoxy groups -OCH3 is 2. The first kappa shape index (κ1) is 38.3. The molecule has 15 atom stereocenters. The summed E-state index contributed by atoms with van der Waals surface area (Å²) < 4.78 is 36.9. The zero-order valence-corrected chi connectivity index (χ0v) is 29.6. The summed E-state index contributed by atoms with van der Waals surface area (Å²) in [6.07, 6.45) is -3.40. The number of esters is 2. The molecule has 0 aromatic carbocycles. The third kappa shape index (κ3) is 7.15. The van der Waals surface area contributed by atoms with Gasteiger partial charge in [-0.3, -0.25) is 14.4 Å². The molecule has 46 heavy (non-hydrogen) atoms. The molecule has 0 aromatic heterocycles. The first-order valence-electron chi connectivity index (χ1n) is 16.5. The van der Waals surface area contributed by atoms with Crippen LogP contribution < -0.4 is 0 Å². The Hall–Kier alpha value is -2.14. The summed E-state index contributed by atoms with van der Waals surface area (Å²) in [6, 6.07) is 2.02. The van der Waals surface area contributed by atoms with E-state index in [1.165, 1.54) is 7.11 Å². The van der Waals surface area contributed by atoms with E-state index in [0.717, 1.165) is 6.42 Å². The molecule has 0 unspecified atom stereocenters. The van der Waals surface area contributed by atoms with Crippen molar-refractivity contribution in [1.82, 2.24) is 4.90 Å². The number of rotatable bonds is 6. The molecule has 12 nitrogen and oxygen atoms in total. The topological polar surface area (TPSA) is 154 Å². The minimum atomic E-state index is -1.43. The van der Waals surface area contributed by atoms with Crippen LogP contribution in [-0.4, -0.2) is 110 Å². The highest BCUT2D eigenvalue weighted by atomic mass is 16.7. The van der Waals surface area contributed by atoms with Crippen molar-refractivity contribution in [2.24, 2.45) is 35.5 Å².